The number of carbonyl (C=O) groups is 1. The van der Waals surface area contributed by atoms with E-state index in [9.17, 15) is 18.0 Å². The number of aromatic nitrogens is 3. The molecule has 2 aromatic heterocycles. The lowest BCUT2D eigenvalue weighted by Crippen LogP contribution is -2.28. The van der Waals surface area contributed by atoms with E-state index >= 15 is 0 Å². The van der Waals surface area contributed by atoms with Crippen LogP contribution in [-0.4, -0.2) is 33.6 Å². The molecule has 0 saturated carbocycles. The van der Waals surface area contributed by atoms with Crippen molar-refractivity contribution in [3.05, 3.63) is 40.8 Å². The molecule has 3 N–H and O–H groups in total. The predicted octanol–water partition coefficient (Wildman–Crippen LogP) is 2.50. The van der Waals surface area contributed by atoms with E-state index in [0.717, 1.165) is 0 Å². The third kappa shape index (κ3) is 5.30. The highest BCUT2D eigenvalue weighted by molar-refractivity contribution is 5.92. The van der Waals surface area contributed by atoms with Crippen LogP contribution in [0.3, 0.4) is 0 Å². The summed E-state index contributed by atoms with van der Waals surface area (Å²) in [4.78, 5) is 23.9. The Morgan fingerprint density at radius 3 is 2.58 bits per heavy atom. The number of nitrogen functional groups attached to an aromatic ring is 1. The van der Waals surface area contributed by atoms with Crippen LogP contribution in [0.2, 0.25) is 0 Å². The van der Waals surface area contributed by atoms with E-state index in [1.54, 1.807) is 26.8 Å². The summed E-state index contributed by atoms with van der Waals surface area (Å²) < 4.78 is 41.3. The van der Waals surface area contributed by atoms with Crippen LogP contribution in [-0.2, 0) is 0 Å². The number of hydrogen-bond donors (Lipinski definition) is 2. The van der Waals surface area contributed by atoms with E-state index in [-0.39, 0.29) is 17.5 Å². The molecule has 0 spiro atoms. The number of nitrogens with two attached hydrogens (primary N) is 1. The van der Waals surface area contributed by atoms with Crippen LogP contribution < -0.4 is 15.8 Å². The van der Waals surface area contributed by atoms with E-state index in [4.69, 9.17) is 5.73 Å². The first kappa shape index (κ1) is 19.4. The van der Waals surface area contributed by atoms with Gasteiger partial charge < -0.3 is 15.8 Å². The molecule has 1 amide bonds. The standard InChI is InChI=1S/C16H18F3N5O2/c1-8-4-11(6-21-14(8)26-7-16(17,18)19)10(3)23-13(25)12-5-9(2)22-15(20)24-12/h4-6,10H,7H2,1-3H3,(H,23,25)(H2,20,22,24). The van der Waals surface area contributed by atoms with Gasteiger partial charge in [-0.05, 0) is 38.5 Å². The Morgan fingerprint density at radius 1 is 1.31 bits per heavy atom. The molecule has 0 aliphatic rings. The minimum Gasteiger partial charge on any atom is -0.468 e. The Labute approximate surface area is 147 Å². The number of hydrogen-bond acceptors (Lipinski definition) is 6. The van der Waals surface area contributed by atoms with Gasteiger partial charge in [0, 0.05) is 17.5 Å². The minimum atomic E-state index is -4.44. The van der Waals surface area contributed by atoms with Crippen molar-refractivity contribution >= 4 is 11.9 Å². The summed E-state index contributed by atoms with van der Waals surface area (Å²) in [5, 5.41) is 2.72. The molecule has 26 heavy (non-hydrogen) atoms. The van der Waals surface area contributed by atoms with E-state index in [1.807, 2.05) is 0 Å². The Balaban J connectivity index is 2.08. The summed E-state index contributed by atoms with van der Waals surface area (Å²) >= 11 is 0. The Morgan fingerprint density at radius 2 is 2.00 bits per heavy atom. The number of anilines is 1. The number of alkyl halides is 3. The van der Waals surface area contributed by atoms with Gasteiger partial charge in [0.05, 0.1) is 6.04 Å². The summed E-state index contributed by atoms with van der Waals surface area (Å²) in [6.07, 6.45) is -3.09. The first-order valence-corrected chi connectivity index (χ1v) is 7.63. The Hall–Kier alpha value is -2.91. The van der Waals surface area contributed by atoms with Crippen LogP contribution in [0.25, 0.3) is 0 Å². The first-order valence-electron chi connectivity index (χ1n) is 7.63. The maximum absolute atomic E-state index is 12.3. The van der Waals surface area contributed by atoms with Crippen molar-refractivity contribution in [3.8, 4) is 5.88 Å². The molecule has 0 aliphatic carbocycles. The predicted molar refractivity (Wildman–Crippen MR) is 87.6 cm³/mol. The van der Waals surface area contributed by atoms with Crippen molar-refractivity contribution in [2.24, 2.45) is 0 Å². The van der Waals surface area contributed by atoms with Crippen molar-refractivity contribution in [1.29, 1.82) is 0 Å². The maximum atomic E-state index is 12.3. The molecule has 1 unspecified atom stereocenters. The molecule has 0 aliphatic heterocycles. The fraction of sp³-hybridized carbons (Fsp3) is 0.375. The highest BCUT2D eigenvalue weighted by Crippen LogP contribution is 2.22. The van der Waals surface area contributed by atoms with Gasteiger partial charge in [-0.3, -0.25) is 4.79 Å². The third-order valence-corrected chi connectivity index (χ3v) is 3.38. The lowest BCUT2D eigenvalue weighted by Gasteiger charge is -2.16. The molecule has 0 aromatic carbocycles. The van der Waals surface area contributed by atoms with Gasteiger partial charge >= 0.3 is 6.18 Å². The first-order chi connectivity index (χ1) is 12.0. The van der Waals surface area contributed by atoms with Gasteiger partial charge in [0.25, 0.3) is 5.91 Å². The molecule has 7 nitrogen and oxygen atoms in total. The monoisotopic (exact) mass is 369 g/mol. The average molecular weight is 369 g/mol. The van der Waals surface area contributed by atoms with Gasteiger partial charge in [-0.1, -0.05) is 0 Å². The normalized spacial score (nSPS) is 12.5. The molecule has 10 heteroatoms. The van der Waals surface area contributed by atoms with Gasteiger partial charge in [-0.25, -0.2) is 15.0 Å². The topological polar surface area (TPSA) is 103 Å². The summed E-state index contributed by atoms with van der Waals surface area (Å²) in [6.45, 7) is 3.55. The number of pyridine rings is 1. The number of aryl methyl sites for hydroxylation is 2. The van der Waals surface area contributed by atoms with Gasteiger partial charge in [0.2, 0.25) is 11.8 Å². The minimum absolute atomic E-state index is 0.00789. The Bertz CT molecular complexity index is 791. The van der Waals surface area contributed by atoms with E-state index in [0.29, 0.717) is 16.8 Å². The number of ether oxygens (including phenoxy) is 1. The van der Waals surface area contributed by atoms with Crippen molar-refractivity contribution in [2.75, 3.05) is 12.3 Å². The second-order valence-corrected chi connectivity index (χ2v) is 5.74. The second kappa shape index (κ2) is 7.54. The van der Waals surface area contributed by atoms with Crippen molar-refractivity contribution in [2.45, 2.75) is 33.0 Å². The number of rotatable bonds is 5. The molecule has 0 bridgehead atoms. The molecule has 0 saturated heterocycles. The average Bonchev–Trinajstić information content (AvgIpc) is 2.51. The highest BCUT2D eigenvalue weighted by Gasteiger charge is 2.29. The van der Waals surface area contributed by atoms with E-state index in [1.165, 1.54) is 12.3 Å². The zero-order valence-electron chi connectivity index (χ0n) is 14.4. The fourth-order valence-corrected chi connectivity index (χ4v) is 2.18. The number of amides is 1. The van der Waals surface area contributed by atoms with Gasteiger partial charge in [-0.2, -0.15) is 13.2 Å². The number of halogens is 3. The van der Waals surface area contributed by atoms with Crippen molar-refractivity contribution in [3.63, 3.8) is 0 Å². The van der Waals surface area contributed by atoms with Crippen LogP contribution in [0.1, 0.15) is 40.3 Å². The smallest absolute Gasteiger partial charge is 0.422 e. The molecule has 2 heterocycles. The summed E-state index contributed by atoms with van der Waals surface area (Å²) in [5.41, 5.74) is 7.24. The number of nitrogens with one attached hydrogen (secondary N) is 1. The maximum Gasteiger partial charge on any atom is 0.422 e. The number of carbonyl (C=O) groups excluding carboxylic acids is 1. The van der Waals surface area contributed by atoms with Gasteiger partial charge in [0.15, 0.2) is 6.61 Å². The molecule has 140 valence electrons. The Kier molecular flexibility index (Phi) is 5.63. The highest BCUT2D eigenvalue weighted by atomic mass is 19.4. The molecule has 1 atom stereocenters. The molecule has 2 rings (SSSR count). The lowest BCUT2D eigenvalue weighted by molar-refractivity contribution is -0.154. The molecule has 0 radical (unpaired) electrons. The van der Waals surface area contributed by atoms with Gasteiger partial charge in [0.1, 0.15) is 5.69 Å². The largest absolute Gasteiger partial charge is 0.468 e. The fourth-order valence-electron chi connectivity index (χ4n) is 2.18. The molecular formula is C16H18F3N5O2. The summed E-state index contributed by atoms with van der Waals surface area (Å²) in [7, 11) is 0. The van der Waals surface area contributed by atoms with Crippen molar-refractivity contribution in [1.82, 2.24) is 20.3 Å². The summed E-state index contributed by atoms with van der Waals surface area (Å²) in [5.74, 6) is -0.569. The second-order valence-electron chi connectivity index (χ2n) is 5.74. The van der Waals surface area contributed by atoms with Crippen molar-refractivity contribution < 1.29 is 22.7 Å². The van der Waals surface area contributed by atoms with Crippen LogP contribution in [0.5, 0.6) is 5.88 Å². The molecular weight excluding hydrogens is 351 g/mol. The van der Waals surface area contributed by atoms with Crippen LogP contribution >= 0.6 is 0 Å². The van der Waals surface area contributed by atoms with Gasteiger partial charge in [-0.15, -0.1) is 0 Å². The zero-order chi connectivity index (χ0) is 19.5. The SMILES string of the molecule is Cc1cc(C(=O)NC(C)c2cnc(OCC(F)(F)F)c(C)c2)nc(N)n1. The van der Waals surface area contributed by atoms with E-state index in [2.05, 4.69) is 25.0 Å². The quantitative estimate of drug-likeness (QED) is 0.839. The third-order valence-electron chi connectivity index (χ3n) is 3.38. The lowest BCUT2D eigenvalue weighted by atomic mass is 10.1. The zero-order valence-corrected chi connectivity index (χ0v) is 14.4. The van der Waals surface area contributed by atoms with Crippen LogP contribution in [0.4, 0.5) is 19.1 Å². The molecule has 0 fully saturated rings. The van der Waals surface area contributed by atoms with Crippen LogP contribution in [0.15, 0.2) is 18.3 Å². The molecule has 2 aromatic rings. The number of nitrogens with zero attached hydrogens (tertiary/aromatic N) is 3. The summed E-state index contributed by atoms with van der Waals surface area (Å²) in [6, 6.07) is 2.64. The van der Waals surface area contributed by atoms with Crippen LogP contribution in [0, 0.1) is 13.8 Å². The van der Waals surface area contributed by atoms with E-state index < -0.39 is 24.7 Å².